The number of methoxy groups -OCH3 is 1. The van der Waals surface area contributed by atoms with E-state index in [0.717, 1.165) is 29.8 Å². The lowest BCUT2D eigenvalue weighted by atomic mass is 9.79. The summed E-state index contributed by atoms with van der Waals surface area (Å²) in [5.74, 6) is 1.42. The Morgan fingerprint density at radius 1 is 1.17 bits per heavy atom. The molecule has 30 heavy (non-hydrogen) atoms. The van der Waals surface area contributed by atoms with Gasteiger partial charge in [-0.25, -0.2) is 4.98 Å². The summed E-state index contributed by atoms with van der Waals surface area (Å²) < 4.78 is 5.22. The van der Waals surface area contributed by atoms with Crippen LogP contribution in [0.25, 0.3) is 16.8 Å². The molecule has 0 saturated carbocycles. The highest BCUT2D eigenvalue weighted by Gasteiger charge is 2.43. The van der Waals surface area contributed by atoms with Gasteiger partial charge in [0.2, 0.25) is 0 Å². The van der Waals surface area contributed by atoms with E-state index in [4.69, 9.17) is 15.1 Å². The topological polar surface area (TPSA) is 81.5 Å². The summed E-state index contributed by atoms with van der Waals surface area (Å²) in [6, 6.07) is 7.95. The van der Waals surface area contributed by atoms with Crippen molar-refractivity contribution < 1.29 is 9.84 Å². The number of piperidine rings is 1. The first-order valence-electron chi connectivity index (χ1n) is 10.3. The fourth-order valence-corrected chi connectivity index (χ4v) is 5.80. The number of aliphatic hydroxyl groups excluding tert-OH is 1. The largest absolute Gasteiger partial charge is 0.510 e. The second-order valence-corrected chi connectivity index (χ2v) is 10.4. The van der Waals surface area contributed by atoms with Crippen LogP contribution in [-0.2, 0) is 0 Å². The second-order valence-electron chi connectivity index (χ2n) is 9.52. The number of amidine groups is 1. The molecule has 0 unspecified atom stereocenters. The summed E-state index contributed by atoms with van der Waals surface area (Å²) in [5, 5.41) is 25.9. The van der Waals surface area contributed by atoms with Crippen molar-refractivity contribution in [1.82, 2.24) is 15.2 Å². The Balaban J connectivity index is 1.56. The molecule has 1 saturated heterocycles. The van der Waals surface area contributed by atoms with Crippen LogP contribution in [0.2, 0.25) is 0 Å². The summed E-state index contributed by atoms with van der Waals surface area (Å²) >= 11 is 1.47. The average Bonchev–Trinajstić information content (AvgIpc) is 3.23. The van der Waals surface area contributed by atoms with Crippen molar-refractivity contribution in [3.05, 3.63) is 40.4 Å². The highest BCUT2D eigenvalue weighted by molar-refractivity contribution is 7.11. The molecule has 7 heteroatoms. The number of nitrogens with zero attached hydrogens (tertiary/aromatic N) is 2. The molecule has 0 spiro atoms. The van der Waals surface area contributed by atoms with E-state index in [-0.39, 0.29) is 22.9 Å². The van der Waals surface area contributed by atoms with Crippen LogP contribution >= 0.6 is 11.3 Å². The fourth-order valence-electron chi connectivity index (χ4n) is 4.91. The zero-order chi connectivity index (χ0) is 21.7. The SMILES string of the molecule is COc1ccc(-c2csc(C3=C(O)CN(C4CC(C)(C)NC(C)(C)C4)C3=N)n2)cc1. The van der Waals surface area contributed by atoms with Gasteiger partial charge < -0.3 is 20.1 Å². The number of benzene rings is 1. The van der Waals surface area contributed by atoms with Gasteiger partial charge in [-0.05, 0) is 64.8 Å². The molecule has 1 fully saturated rings. The summed E-state index contributed by atoms with van der Waals surface area (Å²) in [7, 11) is 1.65. The third-order valence-electron chi connectivity index (χ3n) is 5.85. The van der Waals surface area contributed by atoms with Gasteiger partial charge in [0.25, 0.3) is 0 Å². The number of hydrogen-bond acceptors (Lipinski definition) is 6. The van der Waals surface area contributed by atoms with E-state index < -0.39 is 0 Å². The zero-order valence-electron chi connectivity index (χ0n) is 18.2. The van der Waals surface area contributed by atoms with Crippen LogP contribution in [0.15, 0.2) is 35.4 Å². The van der Waals surface area contributed by atoms with E-state index in [9.17, 15) is 5.11 Å². The van der Waals surface area contributed by atoms with E-state index in [1.807, 2.05) is 34.5 Å². The van der Waals surface area contributed by atoms with Gasteiger partial charge in [-0.15, -0.1) is 11.3 Å². The molecule has 6 nitrogen and oxygen atoms in total. The van der Waals surface area contributed by atoms with Crippen molar-refractivity contribution in [1.29, 1.82) is 5.41 Å². The van der Waals surface area contributed by atoms with E-state index in [1.54, 1.807) is 7.11 Å². The summed E-state index contributed by atoms with van der Waals surface area (Å²) in [5.41, 5.74) is 2.35. The van der Waals surface area contributed by atoms with E-state index >= 15 is 0 Å². The van der Waals surface area contributed by atoms with Crippen LogP contribution in [0, 0.1) is 5.41 Å². The Kier molecular flexibility index (Phi) is 5.14. The van der Waals surface area contributed by atoms with Gasteiger partial charge in [-0.1, -0.05) is 0 Å². The minimum atomic E-state index is -0.0201. The normalized spacial score (nSPS) is 21.4. The van der Waals surface area contributed by atoms with E-state index in [1.165, 1.54) is 11.3 Å². The molecule has 1 aromatic carbocycles. The van der Waals surface area contributed by atoms with Gasteiger partial charge in [0.05, 0.1) is 24.9 Å². The first kappa shape index (κ1) is 20.9. The number of nitrogens with one attached hydrogen (secondary N) is 2. The monoisotopic (exact) mass is 426 g/mol. The van der Waals surface area contributed by atoms with Crippen LogP contribution in [0.5, 0.6) is 5.75 Å². The van der Waals surface area contributed by atoms with Crippen molar-refractivity contribution in [2.24, 2.45) is 0 Å². The standard InChI is InChI=1S/C23H30N4O2S/c1-22(2)10-15(11-23(3,4)26-22)27-12-18(28)19(20(27)24)21-25-17(13-30-21)14-6-8-16(29-5)9-7-14/h6-9,13,15,24,26,28H,10-12H2,1-5H3. The van der Waals surface area contributed by atoms with E-state index in [2.05, 4.69) is 33.0 Å². The average molecular weight is 427 g/mol. The lowest BCUT2D eigenvalue weighted by Crippen LogP contribution is -2.62. The van der Waals surface area contributed by atoms with Crippen LogP contribution in [0.3, 0.4) is 0 Å². The molecular weight excluding hydrogens is 396 g/mol. The quantitative estimate of drug-likeness (QED) is 0.661. The van der Waals surface area contributed by atoms with Crippen molar-refractivity contribution >= 4 is 22.7 Å². The number of thiazole rings is 1. The van der Waals surface area contributed by atoms with Gasteiger partial charge in [-0.3, -0.25) is 5.41 Å². The summed E-state index contributed by atoms with van der Waals surface area (Å²) in [6.07, 6.45) is 1.85. The lowest BCUT2D eigenvalue weighted by molar-refractivity contribution is 0.105. The molecule has 3 N–H and O–H groups in total. The van der Waals surface area contributed by atoms with Gasteiger partial charge in [0.15, 0.2) is 0 Å². The molecule has 0 radical (unpaired) electrons. The number of rotatable bonds is 4. The van der Waals surface area contributed by atoms with Crippen LogP contribution in [-0.4, -0.2) is 51.6 Å². The highest BCUT2D eigenvalue weighted by Crippen LogP contribution is 2.38. The molecule has 2 aliphatic heterocycles. The molecule has 160 valence electrons. The van der Waals surface area contributed by atoms with Crippen LogP contribution in [0.4, 0.5) is 0 Å². The molecule has 2 aromatic rings. The molecule has 0 atom stereocenters. The highest BCUT2D eigenvalue weighted by atomic mass is 32.1. The third kappa shape index (κ3) is 3.96. The Morgan fingerprint density at radius 2 is 1.80 bits per heavy atom. The zero-order valence-corrected chi connectivity index (χ0v) is 19.1. The minimum absolute atomic E-state index is 0.0201. The maximum Gasteiger partial charge on any atom is 0.135 e. The molecule has 4 rings (SSSR count). The predicted molar refractivity (Wildman–Crippen MR) is 122 cm³/mol. The lowest BCUT2D eigenvalue weighted by Gasteiger charge is -2.49. The van der Waals surface area contributed by atoms with Crippen molar-refractivity contribution in [3.63, 3.8) is 0 Å². The first-order chi connectivity index (χ1) is 14.1. The maximum atomic E-state index is 10.8. The minimum Gasteiger partial charge on any atom is -0.510 e. The predicted octanol–water partition coefficient (Wildman–Crippen LogP) is 4.69. The summed E-state index contributed by atoms with van der Waals surface area (Å²) in [4.78, 5) is 6.78. The van der Waals surface area contributed by atoms with Crippen molar-refractivity contribution in [2.45, 2.75) is 57.7 Å². The Labute approximate surface area is 182 Å². The third-order valence-corrected chi connectivity index (χ3v) is 6.71. The first-order valence-corrected chi connectivity index (χ1v) is 11.1. The Morgan fingerprint density at radius 3 is 2.40 bits per heavy atom. The number of aromatic nitrogens is 1. The van der Waals surface area contributed by atoms with Gasteiger partial charge in [-0.2, -0.15) is 0 Å². The molecule has 3 heterocycles. The Hall–Kier alpha value is -2.38. The smallest absolute Gasteiger partial charge is 0.135 e. The van der Waals surface area contributed by atoms with Gasteiger partial charge >= 0.3 is 0 Å². The fraction of sp³-hybridized carbons (Fsp3) is 0.478. The number of ether oxygens (including phenoxy) is 1. The second kappa shape index (κ2) is 7.39. The van der Waals surface area contributed by atoms with E-state index in [0.29, 0.717) is 23.0 Å². The van der Waals surface area contributed by atoms with Crippen molar-refractivity contribution in [2.75, 3.05) is 13.7 Å². The van der Waals surface area contributed by atoms with Gasteiger partial charge in [0.1, 0.15) is 22.4 Å². The molecule has 1 aromatic heterocycles. The molecule has 0 bridgehead atoms. The maximum absolute atomic E-state index is 10.8. The van der Waals surface area contributed by atoms with Crippen LogP contribution < -0.4 is 10.1 Å². The molecule has 0 amide bonds. The van der Waals surface area contributed by atoms with Crippen LogP contribution in [0.1, 0.15) is 45.5 Å². The Bertz CT molecular complexity index is 975. The van der Waals surface area contributed by atoms with Gasteiger partial charge in [0, 0.05) is 28.1 Å². The number of hydrogen-bond donors (Lipinski definition) is 3. The molecule has 0 aliphatic carbocycles. The molecular formula is C23H30N4O2S. The molecule has 2 aliphatic rings. The number of aliphatic hydroxyl groups is 1. The van der Waals surface area contributed by atoms with Crippen molar-refractivity contribution in [3.8, 4) is 17.0 Å². The summed E-state index contributed by atoms with van der Waals surface area (Å²) in [6.45, 7) is 9.20.